The van der Waals surface area contributed by atoms with E-state index in [4.69, 9.17) is 10.5 Å². The molecule has 0 fully saturated rings. The van der Waals surface area contributed by atoms with Crippen LogP contribution in [-0.2, 0) is 4.79 Å². The fraction of sp³-hybridized carbons (Fsp3) is 0.353. The molecule has 2 aromatic carbocycles. The van der Waals surface area contributed by atoms with Crippen LogP contribution in [0.5, 0.6) is 5.75 Å². The quantitative estimate of drug-likeness (QED) is 0.874. The number of rotatable bonds is 6. The van der Waals surface area contributed by atoms with Crippen LogP contribution in [0.1, 0.15) is 26.7 Å². The lowest BCUT2D eigenvalue weighted by Crippen LogP contribution is -2.39. The van der Waals surface area contributed by atoms with Gasteiger partial charge in [-0.25, -0.2) is 0 Å². The Morgan fingerprint density at radius 1 is 1.10 bits per heavy atom. The van der Waals surface area contributed by atoms with Gasteiger partial charge in [0.25, 0.3) is 5.91 Å². The number of benzene rings is 2. The highest BCUT2D eigenvalue weighted by Gasteiger charge is 2.26. The number of fused-ring (bicyclic) bond motifs is 1. The van der Waals surface area contributed by atoms with E-state index in [0.717, 1.165) is 29.4 Å². The Balaban J connectivity index is 2.36. The van der Waals surface area contributed by atoms with Gasteiger partial charge in [-0.15, -0.1) is 0 Å². The van der Waals surface area contributed by atoms with Crippen molar-refractivity contribution < 1.29 is 9.53 Å². The van der Waals surface area contributed by atoms with E-state index in [1.54, 1.807) is 0 Å². The minimum absolute atomic E-state index is 0.145. The van der Waals surface area contributed by atoms with Gasteiger partial charge >= 0.3 is 0 Å². The lowest BCUT2D eigenvalue weighted by molar-refractivity contribution is -0.127. The highest BCUT2D eigenvalue weighted by molar-refractivity contribution is 5.89. The summed E-state index contributed by atoms with van der Waals surface area (Å²) in [6.07, 6.45) is 1.17. The van der Waals surface area contributed by atoms with Crippen molar-refractivity contribution in [3.8, 4) is 5.75 Å². The third kappa shape index (κ3) is 2.93. The van der Waals surface area contributed by atoms with Gasteiger partial charge in [-0.2, -0.15) is 0 Å². The molecule has 2 rings (SSSR count). The van der Waals surface area contributed by atoms with Gasteiger partial charge in [-0.1, -0.05) is 50.2 Å². The molecule has 0 aliphatic rings. The largest absolute Gasteiger partial charge is 0.480 e. The molecular formula is C17H21NO2. The molecule has 0 aliphatic carbocycles. The molecule has 106 valence electrons. The van der Waals surface area contributed by atoms with Crippen molar-refractivity contribution >= 4 is 16.7 Å². The van der Waals surface area contributed by atoms with Crippen molar-refractivity contribution in [2.75, 3.05) is 0 Å². The molecule has 3 heteroatoms. The summed E-state index contributed by atoms with van der Waals surface area (Å²) in [5.41, 5.74) is 5.52. The Morgan fingerprint density at radius 2 is 1.75 bits per heavy atom. The van der Waals surface area contributed by atoms with Crippen molar-refractivity contribution in [1.29, 1.82) is 0 Å². The summed E-state index contributed by atoms with van der Waals surface area (Å²) in [6.45, 7) is 4.10. The fourth-order valence-corrected chi connectivity index (χ4v) is 2.54. The van der Waals surface area contributed by atoms with Gasteiger partial charge in [-0.3, -0.25) is 4.79 Å². The highest BCUT2D eigenvalue weighted by Crippen LogP contribution is 2.28. The summed E-state index contributed by atoms with van der Waals surface area (Å²) in [4.78, 5) is 11.7. The zero-order valence-electron chi connectivity index (χ0n) is 12.0. The lowest BCUT2D eigenvalue weighted by Gasteiger charge is -2.24. The maximum absolute atomic E-state index is 11.7. The number of carbonyl (C=O) groups excluding carboxylic acids is 1. The van der Waals surface area contributed by atoms with E-state index in [9.17, 15) is 4.79 Å². The Morgan fingerprint density at radius 3 is 2.40 bits per heavy atom. The molecule has 0 saturated heterocycles. The zero-order valence-corrected chi connectivity index (χ0v) is 12.0. The van der Waals surface area contributed by atoms with Crippen molar-refractivity contribution in [3.63, 3.8) is 0 Å². The van der Waals surface area contributed by atoms with Crippen LogP contribution in [0, 0.1) is 5.92 Å². The molecule has 0 aliphatic heterocycles. The monoisotopic (exact) mass is 271 g/mol. The van der Waals surface area contributed by atoms with Crippen LogP contribution < -0.4 is 10.5 Å². The number of hydrogen-bond acceptors (Lipinski definition) is 2. The summed E-state index contributed by atoms with van der Waals surface area (Å²) in [6, 6.07) is 13.8. The van der Waals surface area contributed by atoms with E-state index in [1.165, 1.54) is 0 Å². The van der Waals surface area contributed by atoms with Crippen molar-refractivity contribution in [2.24, 2.45) is 11.7 Å². The second-order valence-electron chi connectivity index (χ2n) is 4.99. The van der Waals surface area contributed by atoms with Gasteiger partial charge in [0.2, 0.25) is 0 Å². The van der Waals surface area contributed by atoms with E-state index in [2.05, 4.69) is 13.8 Å². The first-order valence-corrected chi connectivity index (χ1v) is 7.11. The number of amides is 1. The van der Waals surface area contributed by atoms with Crippen molar-refractivity contribution in [2.45, 2.75) is 32.8 Å². The van der Waals surface area contributed by atoms with Crippen LogP contribution in [0.25, 0.3) is 10.8 Å². The minimum Gasteiger partial charge on any atom is -0.480 e. The summed E-state index contributed by atoms with van der Waals surface area (Å²) in [5.74, 6) is 0.469. The molecule has 0 spiro atoms. The molecule has 2 N–H and O–H groups in total. The fourth-order valence-electron chi connectivity index (χ4n) is 2.54. The van der Waals surface area contributed by atoms with E-state index >= 15 is 0 Å². The van der Waals surface area contributed by atoms with Crippen LogP contribution in [-0.4, -0.2) is 12.0 Å². The Kier molecular flexibility index (Phi) is 4.61. The number of ether oxygens (including phenoxy) is 1. The molecule has 0 radical (unpaired) electrons. The average Bonchev–Trinajstić information content (AvgIpc) is 2.47. The van der Waals surface area contributed by atoms with Gasteiger partial charge in [0.1, 0.15) is 5.75 Å². The summed E-state index contributed by atoms with van der Waals surface area (Å²) in [7, 11) is 0. The smallest absolute Gasteiger partial charge is 0.258 e. The zero-order chi connectivity index (χ0) is 14.5. The van der Waals surface area contributed by atoms with E-state index in [-0.39, 0.29) is 5.92 Å². The SMILES string of the molecule is CCC(CC)C(Oc1cccc2ccccc12)C(N)=O. The molecule has 0 heterocycles. The highest BCUT2D eigenvalue weighted by atomic mass is 16.5. The second-order valence-corrected chi connectivity index (χ2v) is 4.99. The third-order valence-electron chi connectivity index (χ3n) is 3.76. The topological polar surface area (TPSA) is 52.3 Å². The predicted octanol–water partition coefficient (Wildman–Crippen LogP) is 3.51. The van der Waals surface area contributed by atoms with E-state index in [1.807, 2.05) is 42.5 Å². The summed E-state index contributed by atoms with van der Waals surface area (Å²) >= 11 is 0. The number of hydrogen-bond donors (Lipinski definition) is 1. The Bertz CT molecular complexity index is 585. The van der Waals surface area contributed by atoms with Crippen LogP contribution in [0.2, 0.25) is 0 Å². The molecule has 0 bridgehead atoms. The summed E-state index contributed by atoms with van der Waals surface area (Å²) < 4.78 is 5.96. The van der Waals surface area contributed by atoms with Crippen LogP contribution in [0.15, 0.2) is 42.5 Å². The maximum Gasteiger partial charge on any atom is 0.258 e. The molecule has 2 aromatic rings. The van der Waals surface area contributed by atoms with Gasteiger partial charge < -0.3 is 10.5 Å². The second kappa shape index (κ2) is 6.42. The molecule has 1 amide bonds. The minimum atomic E-state index is -0.573. The molecule has 0 aromatic heterocycles. The molecule has 20 heavy (non-hydrogen) atoms. The number of primary amides is 1. The third-order valence-corrected chi connectivity index (χ3v) is 3.76. The first-order valence-electron chi connectivity index (χ1n) is 7.11. The normalized spacial score (nSPS) is 12.6. The average molecular weight is 271 g/mol. The van der Waals surface area contributed by atoms with Gasteiger partial charge in [0.05, 0.1) is 0 Å². The lowest BCUT2D eigenvalue weighted by atomic mass is 9.96. The van der Waals surface area contributed by atoms with Crippen LogP contribution in [0.4, 0.5) is 0 Å². The predicted molar refractivity (Wildman–Crippen MR) is 81.6 cm³/mol. The van der Waals surface area contributed by atoms with Gasteiger partial charge in [0.15, 0.2) is 6.10 Å². The van der Waals surface area contributed by atoms with Crippen molar-refractivity contribution in [3.05, 3.63) is 42.5 Å². The Labute approximate surface area is 119 Å². The molecular weight excluding hydrogens is 250 g/mol. The van der Waals surface area contributed by atoms with Crippen molar-refractivity contribution in [1.82, 2.24) is 0 Å². The van der Waals surface area contributed by atoms with Crippen LogP contribution in [0.3, 0.4) is 0 Å². The van der Waals surface area contributed by atoms with Gasteiger partial charge in [0, 0.05) is 11.3 Å². The number of carbonyl (C=O) groups is 1. The molecule has 0 saturated carbocycles. The van der Waals surface area contributed by atoms with Crippen LogP contribution >= 0.6 is 0 Å². The number of nitrogens with two attached hydrogens (primary N) is 1. The Hall–Kier alpha value is -2.03. The first-order chi connectivity index (χ1) is 9.67. The standard InChI is InChI=1S/C17H21NO2/c1-3-12(4-2)16(17(18)19)20-15-11-7-9-13-8-5-6-10-14(13)15/h5-12,16H,3-4H2,1-2H3,(H2,18,19). The molecule has 3 nitrogen and oxygen atoms in total. The first kappa shape index (κ1) is 14.4. The van der Waals surface area contributed by atoms with E-state index < -0.39 is 12.0 Å². The van der Waals surface area contributed by atoms with E-state index in [0.29, 0.717) is 0 Å². The molecule has 1 unspecified atom stereocenters. The van der Waals surface area contributed by atoms with Gasteiger partial charge in [-0.05, 0) is 24.3 Å². The maximum atomic E-state index is 11.7. The molecule has 1 atom stereocenters. The summed E-state index contributed by atoms with van der Waals surface area (Å²) in [5, 5.41) is 2.10.